The zero-order chi connectivity index (χ0) is 5.98. The molecule has 0 amide bonds. The summed E-state index contributed by atoms with van der Waals surface area (Å²) in [5, 5.41) is 2.14. The van der Waals surface area contributed by atoms with E-state index in [1.807, 2.05) is 0 Å². The largest absolute Gasteiger partial charge is 0.383 e. The average Bonchev–Trinajstić information content (AvgIpc) is 2.14. The van der Waals surface area contributed by atoms with Gasteiger partial charge in [0.1, 0.15) is 5.76 Å². The van der Waals surface area contributed by atoms with Gasteiger partial charge in [-0.1, -0.05) is 0 Å². The number of hydrogen-bond donors (Lipinski definition) is 2. The summed E-state index contributed by atoms with van der Waals surface area (Å²) in [6.07, 6.45) is 0. The average molecular weight is 131 g/mol. The standard InChI is InChI=1S/C4H5NO2S/c6-4-1-3(2-8)7-5-4/h1,8H,2H2,(H,5,6). The van der Waals surface area contributed by atoms with Crippen molar-refractivity contribution in [2.45, 2.75) is 5.75 Å². The van der Waals surface area contributed by atoms with Crippen LogP contribution in [0.25, 0.3) is 0 Å². The van der Waals surface area contributed by atoms with Crippen molar-refractivity contribution in [2.75, 3.05) is 0 Å². The molecule has 0 aromatic carbocycles. The lowest BCUT2D eigenvalue weighted by atomic mass is 10.5. The van der Waals surface area contributed by atoms with Crippen LogP contribution in [0.15, 0.2) is 15.4 Å². The van der Waals surface area contributed by atoms with Gasteiger partial charge in [0, 0.05) is 6.07 Å². The zero-order valence-corrected chi connectivity index (χ0v) is 4.94. The minimum Gasteiger partial charge on any atom is -0.383 e. The summed E-state index contributed by atoms with van der Waals surface area (Å²) in [6, 6.07) is 1.37. The fourth-order valence-corrected chi connectivity index (χ4v) is 0.555. The molecule has 0 aliphatic rings. The third-order valence-electron chi connectivity index (χ3n) is 0.731. The lowest BCUT2D eigenvalue weighted by Gasteiger charge is -1.76. The summed E-state index contributed by atoms with van der Waals surface area (Å²) in [5.74, 6) is 1.02. The predicted molar refractivity (Wildman–Crippen MR) is 32.0 cm³/mol. The van der Waals surface area contributed by atoms with E-state index in [-0.39, 0.29) is 5.56 Å². The van der Waals surface area contributed by atoms with Crippen molar-refractivity contribution in [3.8, 4) is 0 Å². The molecule has 0 saturated carbocycles. The van der Waals surface area contributed by atoms with E-state index in [2.05, 4.69) is 22.3 Å². The van der Waals surface area contributed by atoms with Crippen molar-refractivity contribution in [1.29, 1.82) is 0 Å². The molecule has 1 heterocycles. The number of thiol groups is 1. The summed E-state index contributed by atoms with van der Waals surface area (Å²) in [5.41, 5.74) is -0.214. The van der Waals surface area contributed by atoms with E-state index in [0.717, 1.165) is 0 Å². The second kappa shape index (κ2) is 2.09. The fourth-order valence-electron chi connectivity index (χ4n) is 0.399. The Balaban J connectivity index is 3.01. The van der Waals surface area contributed by atoms with Crippen LogP contribution in [-0.2, 0) is 5.75 Å². The molecule has 1 aromatic rings. The van der Waals surface area contributed by atoms with Crippen LogP contribution in [0, 0.1) is 0 Å². The van der Waals surface area contributed by atoms with Crippen LogP contribution in [-0.4, -0.2) is 5.16 Å². The summed E-state index contributed by atoms with van der Waals surface area (Å²) in [7, 11) is 0. The normalized spacial score (nSPS) is 9.62. The molecule has 0 aliphatic carbocycles. The highest BCUT2D eigenvalue weighted by molar-refractivity contribution is 7.79. The highest BCUT2D eigenvalue weighted by Gasteiger charge is 1.92. The lowest BCUT2D eigenvalue weighted by Crippen LogP contribution is -1.92. The van der Waals surface area contributed by atoms with E-state index in [4.69, 9.17) is 0 Å². The van der Waals surface area contributed by atoms with Gasteiger partial charge < -0.3 is 4.52 Å². The second-order valence-electron chi connectivity index (χ2n) is 1.34. The van der Waals surface area contributed by atoms with Gasteiger partial charge in [-0.25, -0.2) is 0 Å². The fraction of sp³-hybridized carbons (Fsp3) is 0.250. The lowest BCUT2D eigenvalue weighted by molar-refractivity contribution is 0.390. The molecule has 0 spiro atoms. The Hall–Kier alpha value is -0.640. The van der Waals surface area contributed by atoms with Gasteiger partial charge in [-0.2, -0.15) is 17.8 Å². The van der Waals surface area contributed by atoms with Crippen LogP contribution in [0.5, 0.6) is 0 Å². The Kier molecular flexibility index (Phi) is 1.43. The molecule has 0 atom stereocenters. The van der Waals surface area contributed by atoms with E-state index in [0.29, 0.717) is 11.5 Å². The highest BCUT2D eigenvalue weighted by Crippen LogP contribution is 1.94. The number of aromatic nitrogens is 1. The topological polar surface area (TPSA) is 46.0 Å². The van der Waals surface area contributed by atoms with Crippen molar-refractivity contribution >= 4 is 12.6 Å². The van der Waals surface area contributed by atoms with Gasteiger partial charge in [0.25, 0.3) is 5.56 Å². The first kappa shape index (κ1) is 5.50. The number of nitrogens with one attached hydrogen (secondary N) is 1. The molecule has 0 fully saturated rings. The second-order valence-corrected chi connectivity index (χ2v) is 1.65. The number of rotatable bonds is 1. The summed E-state index contributed by atoms with van der Waals surface area (Å²) in [4.78, 5) is 10.3. The first-order valence-electron chi connectivity index (χ1n) is 2.11. The monoisotopic (exact) mass is 131 g/mol. The Morgan fingerprint density at radius 1 is 1.88 bits per heavy atom. The predicted octanol–water partition coefficient (Wildman–Crippen LogP) is 0.398. The Bertz CT molecular complexity index is 214. The Morgan fingerprint density at radius 3 is 2.88 bits per heavy atom. The molecule has 4 heteroatoms. The molecule has 0 radical (unpaired) electrons. The molecular formula is C4H5NO2S. The molecule has 1 aromatic heterocycles. The summed E-state index contributed by atoms with van der Waals surface area (Å²) in [6.45, 7) is 0. The summed E-state index contributed by atoms with van der Waals surface area (Å²) >= 11 is 3.87. The molecular weight excluding hydrogens is 126 g/mol. The van der Waals surface area contributed by atoms with E-state index in [9.17, 15) is 4.79 Å². The molecule has 1 N–H and O–H groups in total. The van der Waals surface area contributed by atoms with Crippen molar-refractivity contribution in [3.05, 3.63) is 22.2 Å². The molecule has 8 heavy (non-hydrogen) atoms. The zero-order valence-electron chi connectivity index (χ0n) is 4.05. The van der Waals surface area contributed by atoms with Gasteiger partial charge in [-0.15, -0.1) is 0 Å². The van der Waals surface area contributed by atoms with Crippen LogP contribution < -0.4 is 5.56 Å². The molecule has 0 bridgehead atoms. The first-order valence-corrected chi connectivity index (χ1v) is 2.74. The quantitative estimate of drug-likeness (QED) is 0.542. The third kappa shape index (κ3) is 0.949. The molecule has 0 aliphatic heterocycles. The van der Waals surface area contributed by atoms with Crippen LogP contribution >= 0.6 is 12.6 Å². The van der Waals surface area contributed by atoms with Crippen molar-refractivity contribution < 1.29 is 4.52 Å². The number of aromatic amines is 1. The van der Waals surface area contributed by atoms with Gasteiger partial charge in [0.2, 0.25) is 0 Å². The maximum absolute atomic E-state index is 10.3. The van der Waals surface area contributed by atoms with Gasteiger partial charge >= 0.3 is 0 Å². The highest BCUT2D eigenvalue weighted by atomic mass is 32.1. The third-order valence-corrected chi connectivity index (χ3v) is 1.04. The van der Waals surface area contributed by atoms with E-state index in [1.54, 1.807) is 0 Å². The minimum atomic E-state index is -0.214. The Labute approximate surface area is 51.1 Å². The van der Waals surface area contributed by atoms with Gasteiger partial charge in [-0.3, -0.25) is 4.79 Å². The Morgan fingerprint density at radius 2 is 2.62 bits per heavy atom. The van der Waals surface area contributed by atoms with E-state index < -0.39 is 0 Å². The first-order chi connectivity index (χ1) is 3.83. The minimum absolute atomic E-state index is 0.214. The van der Waals surface area contributed by atoms with Crippen LogP contribution in [0.1, 0.15) is 5.76 Å². The van der Waals surface area contributed by atoms with Gasteiger partial charge in [-0.05, 0) is 0 Å². The molecule has 0 saturated heterocycles. The van der Waals surface area contributed by atoms with E-state index >= 15 is 0 Å². The van der Waals surface area contributed by atoms with Crippen molar-refractivity contribution in [2.24, 2.45) is 0 Å². The van der Waals surface area contributed by atoms with Crippen LogP contribution in [0.2, 0.25) is 0 Å². The maximum atomic E-state index is 10.3. The molecule has 44 valence electrons. The molecule has 3 nitrogen and oxygen atoms in total. The van der Waals surface area contributed by atoms with Crippen molar-refractivity contribution in [3.63, 3.8) is 0 Å². The van der Waals surface area contributed by atoms with Crippen LogP contribution in [0.4, 0.5) is 0 Å². The van der Waals surface area contributed by atoms with E-state index in [1.165, 1.54) is 6.07 Å². The SMILES string of the molecule is O=c1cc(CS)o[nH]1. The van der Waals surface area contributed by atoms with Crippen LogP contribution in [0.3, 0.4) is 0 Å². The maximum Gasteiger partial charge on any atom is 0.280 e. The van der Waals surface area contributed by atoms with Gasteiger partial charge in [0.15, 0.2) is 0 Å². The molecule has 1 rings (SSSR count). The van der Waals surface area contributed by atoms with Gasteiger partial charge in [0.05, 0.1) is 5.75 Å². The summed E-state index contributed by atoms with van der Waals surface area (Å²) < 4.78 is 4.60. The number of hydrogen-bond acceptors (Lipinski definition) is 3. The smallest absolute Gasteiger partial charge is 0.280 e. The van der Waals surface area contributed by atoms with Crippen molar-refractivity contribution in [1.82, 2.24) is 5.16 Å². The number of H-pyrrole nitrogens is 1. The molecule has 0 unspecified atom stereocenters.